The summed E-state index contributed by atoms with van der Waals surface area (Å²) in [5, 5.41) is 6.73. The van der Waals surface area contributed by atoms with Gasteiger partial charge in [0.05, 0.1) is 12.7 Å². The van der Waals surface area contributed by atoms with E-state index < -0.39 is 0 Å². The lowest BCUT2D eigenvalue weighted by Crippen LogP contribution is -2.36. The molecule has 1 saturated carbocycles. The zero-order valence-corrected chi connectivity index (χ0v) is 21.6. The molecule has 1 heterocycles. The van der Waals surface area contributed by atoms with E-state index in [0.29, 0.717) is 44.2 Å². The monoisotopic (exact) mass is 554 g/mol. The van der Waals surface area contributed by atoms with Crippen molar-refractivity contribution in [3.05, 3.63) is 53.2 Å². The molecule has 8 heteroatoms. The summed E-state index contributed by atoms with van der Waals surface area (Å²) in [6.07, 6.45) is 6.86. The van der Waals surface area contributed by atoms with Crippen molar-refractivity contribution in [1.82, 2.24) is 15.6 Å². The SMILES string of the molecule is CN=C(NCc1ccc(C)cc1OC1CCCC1)NCc1cccnc1OCCOC.I. The Bertz CT molecular complexity index is 857. The molecule has 1 aliphatic carbocycles. The number of hydrogen-bond donors (Lipinski definition) is 2. The number of aromatic nitrogens is 1. The van der Waals surface area contributed by atoms with Crippen molar-refractivity contribution in [3.8, 4) is 11.6 Å². The maximum absolute atomic E-state index is 6.31. The lowest BCUT2D eigenvalue weighted by Gasteiger charge is -2.19. The predicted octanol–water partition coefficient (Wildman–Crippen LogP) is 4.22. The van der Waals surface area contributed by atoms with Gasteiger partial charge in [0.25, 0.3) is 0 Å². The van der Waals surface area contributed by atoms with Crippen LogP contribution in [-0.2, 0) is 17.8 Å². The molecule has 0 spiro atoms. The average Bonchev–Trinajstić information content (AvgIpc) is 3.29. The van der Waals surface area contributed by atoms with Crippen LogP contribution in [0.4, 0.5) is 0 Å². The third kappa shape index (κ3) is 8.12. The van der Waals surface area contributed by atoms with E-state index in [1.807, 2.05) is 12.1 Å². The fourth-order valence-corrected chi connectivity index (χ4v) is 3.59. The Morgan fingerprint density at radius 2 is 1.84 bits per heavy atom. The number of nitrogens with one attached hydrogen (secondary N) is 2. The summed E-state index contributed by atoms with van der Waals surface area (Å²) in [6.45, 7) is 4.26. The summed E-state index contributed by atoms with van der Waals surface area (Å²) in [5.74, 6) is 2.28. The van der Waals surface area contributed by atoms with Crippen molar-refractivity contribution in [3.63, 3.8) is 0 Å². The first-order valence-corrected chi connectivity index (χ1v) is 11.0. The molecule has 176 valence electrons. The summed E-state index contributed by atoms with van der Waals surface area (Å²) in [5.41, 5.74) is 3.30. The summed E-state index contributed by atoms with van der Waals surface area (Å²) < 4.78 is 17.1. The van der Waals surface area contributed by atoms with E-state index in [0.717, 1.165) is 29.7 Å². The van der Waals surface area contributed by atoms with Gasteiger partial charge in [-0.05, 0) is 50.3 Å². The van der Waals surface area contributed by atoms with E-state index >= 15 is 0 Å². The van der Waals surface area contributed by atoms with Gasteiger partial charge in [-0.15, -0.1) is 24.0 Å². The fraction of sp³-hybridized carbons (Fsp3) is 0.500. The lowest BCUT2D eigenvalue weighted by atomic mass is 10.1. The highest BCUT2D eigenvalue weighted by molar-refractivity contribution is 14.0. The number of nitrogens with zero attached hydrogens (tertiary/aromatic N) is 2. The van der Waals surface area contributed by atoms with Crippen molar-refractivity contribution < 1.29 is 14.2 Å². The number of methoxy groups -OCH3 is 1. The average molecular weight is 554 g/mol. The highest BCUT2D eigenvalue weighted by Crippen LogP contribution is 2.27. The van der Waals surface area contributed by atoms with Crippen LogP contribution in [0.2, 0.25) is 0 Å². The minimum Gasteiger partial charge on any atom is -0.490 e. The van der Waals surface area contributed by atoms with Crippen molar-refractivity contribution in [2.45, 2.75) is 51.8 Å². The van der Waals surface area contributed by atoms with Crippen LogP contribution in [0.25, 0.3) is 0 Å². The predicted molar refractivity (Wildman–Crippen MR) is 138 cm³/mol. The maximum atomic E-state index is 6.31. The Morgan fingerprint density at radius 1 is 1.09 bits per heavy atom. The Balaban J connectivity index is 0.00000363. The molecule has 0 radical (unpaired) electrons. The third-order valence-electron chi connectivity index (χ3n) is 5.31. The van der Waals surface area contributed by atoms with Gasteiger partial charge in [-0.3, -0.25) is 4.99 Å². The first-order chi connectivity index (χ1) is 15.2. The minimum atomic E-state index is 0. The van der Waals surface area contributed by atoms with Crippen LogP contribution in [0.15, 0.2) is 41.5 Å². The molecule has 7 nitrogen and oxygen atoms in total. The van der Waals surface area contributed by atoms with E-state index in [9.17, 15) is 0 Å². The zero-order chi connectivity index (χ0) is 21.9. The quantitative estimate of drug-likeness (QED) is 0.198. The number of aryl methyl sites for hydroxylation is 1. The molecule has 32 heavy (non-hydrogen) atoms. The molecule has 0 aliphatic heterocycles. The van der Waals surface area contributed by atoms with Crippen LogP contribution in [0.3, 0.4) is 0 Å². The molecule has 0 bridgehead atoms. The van der Waals surface area contributed by atoms with Gasteiger partial charge in [0.2, 0.25) is 5.88 Å². The molecule has 0 saturated heterocycles. The van der Waals surface area contributed by atoms with Crippen molar-refractivity contribution in [2.24, 2.45) is 4.99 Å². The standard InChI is InChI=1S/C24H34N4O3.HI/c1-18-10-11-19(22(15-18)31-21-8-4-5-9-21)16-27-24(25-2)28-17-20-7-6-12-26-23(20)30-14-13-29-3;/h6-7,10-12,15,21H,4-5,8-9,13-14,16-17H2,1-3H3,(H2,25,27,28);1H. The second kappa shape index (κ2) is 14.2. The molecule has 2 aromatic rings. The first-order valence-electron chi connectivity index (χ1n) is 11.0. The van der Waals surface area contributed by atoms with E-state index in [1.54, 1.807) is 20.4 Å². The van der Waals surface area contributed by atoms with Crippen LogP contribution in [-0.4, -0.2) is 44.4 Å². The van der Waals surface area contributed by atoms with Crippen LogP contribution in [0.1, 0.15) is 42.4 Å². The largest absolute Gasteiger partial charge is 0.490 e. The highest BCUT2D eigenvalue weighted by atomic mass is 127. The van der Waals surface area contributed by atoms with Gasteiger partial charge in [0.1, 0.15) is 12.4 Å². The smallest absolute Gasteiger partial charge is 0.218 e. The van der Waals surface area contributed by atoms with Gasteiger partial charge < -0.3 is 24.8 Å². The lowest BCUT2D eigenvalue weighted by molar-refractivity contribution is 0.143. The topological polar surface area (TPSA) is 77.0 Å². The molecule has 0 amide bonds. The minimum absolute atomic E-state index is 0. The Morgan fingerprint density at radius 3 is 2.56 bits per heavy atom. The van der Waals surface area contributed by atoms with Gasteiger partial charge >= 0.3 is 0 Å². The van der Waals surface area contributed by atoms with Gasteiger partial charge in [0.15, 0.2) is 5.96 Å². The highest BCUT2D eigenvalue weighted by Gasteiger charge is 2.18. The molecule has 1 fully saturated rings. The molecule has 1 aromatic heterocycles. The number of aliphatic imine (C=N–C) groups is 1. The molecule has 2 N–H and O–H groups in total. The second-order valence-corrected chi connectivity index (χ2v) is 7.72. The molecule has 3 rings (SSSR count). The Labute approximate surface area is 208 Å². The summed E-state index contributed by atoms with van der Waals surface area (Å²) >= 11 is 0. The van der Waals surface area contributed by atoms with E-state index in [-0.39, 0.29) is 24.0 Å². The van der Waals surface area contributed by atoms with Crippen molar-refractivity contribution >= 4 is 29.9 Å². The molecule has 0 unspecified atom stereocenters. The van der Waals surface area contributed by atoms with Crippen LogP contribution >= 0.6 is 24.0 Å². The molecular weight excluding hydrogens is 519 g/mol. The Kier molecular flexibility index (Phi) is 11.6. The number of rotatable bonds is 10. The molecular formula is C24H35IN4O3. The van der Waals surface area contributed by atoms with Crippen molar-refractivity contribution in [1.29, 1.82) is 0 Å². The molecule has 0 atom stereocenters. The number of halogens is 1. The van der Waals surface area contributed by atoms with Crippen LogP contribution < -0.4 is 20.1 Å². The van der Waals surface area contributed by atoms with Crippen LogP contribution in [0.5, 0.6) is 11.6 Å². The summed E-state index contributed by atoms with van der Waals surface area (Å²) in [6, 6.07) is 10.3. The van der Waals surface area contributed by atoms with Crippen LogP contribution in [0, 0.1) is 6.92 Å². The number of guanidine groups is 1. The van der Waals surface area contributed by atoms with Gasteiger partial charge in [-0.2, -0.15) is 0 Å². The number of benzene rings is 1. The van der Waals surface area contributed by atoms with Gasteiger partial charge in [0, 0.05) is 44.6 Å². The van der Waals surface area contributed by atoms with Gasteiger partial charge in [-0.25, -0.2) is 4.98 Å². The fourth-order valence-electron chi connectivity index (χ4n) is 3.59. The number of hydrogen-bond acceptors (Lipinski definition) is 5. The first kappa shape index (κ1) is 26.2. The molecule has 1 aromatic carbocycles. The summed E-state index contributed by atoms with van der Waals surface area (Å²) in [4.78, 5) is 8.67. The van der Waals surface area contributed by atoms with Gasteiger partial charge in [-0.1, -0.05) is 18.2 Å². The Hall–Kier alpha value is -2.07. The van der Waals surface area contributed by atoms with Crippen molar-refractivity contribution in [2.75, 3.05) is 27.4 Å². The third-order valence-corrected chi connectivity index (χ3v) is 5.31. The second-order valence-electron chi connectivity index (χ2n) is 7.72. The zero-order valence-electron chi connectivity index (χ0n) is 19.2. The summed E-state index contributed by atoms with van der Waals surface area (Å²) in [7, 11) is 3.41. The molecule has 1 aliphatic rings. The van der Waals surface area contributed by atoms with E-state index in [2.05, 4.69) is 45.7 Å². The number of pyridine rings is 1. The number of ether oxygens (including phenoxy) is 3. The van der Waals surface area contributed by atoms with E-state index in [4.69, 9.17) is 14.2 Å². The normalized spacial score (nSPS) is 14.0. The maximum Gasteiger partial charge on any atom is 0.218 e. The van der Waals surface area contributed by atoms with E-state index in [1.165, 1.54) is 18.4 Å².